The van der Waals surface area contributed by atoms with Gasteiger partial charge in [-0.1, -0.05) is 20.8 Å². The predicted octanol–water partition coefficient (Wildman–Crippen LogP) is 2.71. The Bertz CT molecular complexity index is 471. The minimum atomic E-state index is -1.05. The van der Waals surface area contributed by atoms with Crippen LogP contribution in [0.5, 0.6) is 5.75 Å². The van der Waals surface area contributed by atoms with E-state index in [0.717, 1.165) is 12.2 Å². The minimum Gasteiger partial charge on any atom is -0.494 e. The number of nitrogens with one attached hydrogen (secondary N) is 2. The van der Waals surface area contributed by atoms with Crippen molar-refractivity contribution in [3.8, 4) is 5.75 Å². The maximum absolute atomic E-state index is 11.8. The molecule has 0 unspecified atom stereocenters. The zero-order valence-corrected chi connectivity index (χ0v) is 12.6. The van der Waals surface area contributed by atoms with Crippen molar-refractivity contribution < 1.29 is 19.4 Å². The first-order chi connectivity index (χ1) is 9.93. The Balaban J connectivity index is 2.56. The van der Waals surface area contributed by atoms with Gasteiger partial charge < -0.3 is 20.5 Å². The van der Waals surface area contributed by atoms with Gasteiger partial charge in [0.2, 0.25) is 0 Å². The number of hydrogen-bond acceptors (Lipinski definition) is 3. The van der Waals surface area contributed by atoms with Crippen molar-refractivity contribution in [2.24, 2.45) is 5.92 Å². The monoisotopic (exact) mass is 294 g/mol. The van der Waals surface area contributed by atoms with E-state index in [2.05, 4.69) is 10.6 Å². The lowest BCUT2D eigenvalue weighted by molar-refractivity contribution is -0.140. The van der Waals surface area contributed by atoms with Crippen molar-refractivity contribution in [3.05, 3.63) is 24.3 Å². The number of anilines is 1. The summed E-state index contributed by atoms with van der Waals surface area (Å²) in [6.45, 7) is 6.13. The van der Waals surface area contributed by atoms with Gasteiger partial charge in [0.25, 0.3) is 0 Å². The average Bonchev–Trinajstić information content (AvgIpc) is 2.43. The molecule has 1 aromatic rings. The number of benzene rings is 1. The smallest absolute Gasteiger partial charge is 0.326 e. The van der Waals surface area contributed by atoms with Crippen LogP contribution in [-0.4, -0.2) is 29.8 Å². The molecular weight excluding hydrogens is 272 g/mol. The van der Waals surface area contributed by atoms with Crippen molar-refractivity contribution in [1.82, 2.24) is 5.32 Å². The summed E-state index contributed by atoms with van der Waals surface area (Å²) < 4.78 is 5.44. The van der Waals surface area contributed by atoms with Gasteiger partial charge in [-0.15, -0.1) is 0 Å². The summed E-state index contributed by atoms with van der Waals surface area (Å²) in [5.41, 5.74) is 0.573. The number of rotatable bonds is 7. The highest BCUT2D eigenvalue weighted by molar-refractivity contribution is 5.92. The van der Waals surface area contributed by atoms with Gasteiger partial charge in [0, 0.05) is 5.69 Å². The van der Waals surface area contributed by atoms with Gasteiger partial charge in [-0.2, -0.15) is 0 Å². The average molecular weight is 294 g/mol. The number of urea groups is 1. The number of carboxylic acids is 1. The quantitative estimate of drug-likeness (QED) is 0.721. The fraction of sp³-hybridized carbons (Fsp3) is 0.467. The molecule has 0 bridgehead atoms. The van der Waals surface area contributed by atoms with E-state index in [1.807, 2.05) is 6.92 Å². The highest BCUT2D eigenvalue weighted by Crippen LogP contribution is 2.16. The molecule has 6 nitrogen and oxygen atoms in total. The van der Waals surface area contributed by atoms with Gasteiger partial charge in [-0.3, -0.25) is 0 Å². The molecule has 0 aliphatic carbocycles. The zero-order chi connectivity index (χ0) is 15.8. The van der Waals surface area contributed by atoms with Gasteiger partial charge in [0.1, 0.15) is 11.8 Å². The van der Waals surface area contributed by atoms with Crippen LogP contribution in [0.25, 0.3) is 0 Å². The number of hydrogen-bond donors (Lipinski definition) is 3. The fourth-order valence-electron chi connectivity index (χ4n) is 1.68. The van der Waals surface area contributed by atoms with Crippen LogP contribution < -0.4 is 15.4 Å². The van der Waals surface area contributed by atoms with Crippen molar-refractivity contribution in [2.45, 2.75) is 33.2 Å². The Kier molecular flexibility index (Phi) is 6.52. The van der Waals surface area contributed by atoms with E-state index in [0.29, 0.717) is 12.3 Å². The van der Waals surface area contributed by atoms with Gasteiger partial charge in [0.15, 0.2) is 0 Å². The predicted molar refractivity (Wildman–Crippen MR) is 80.6 cm³/mol. The Labute approximate surface area is 124 Å². The highest BCUT2D eigenvalue weighted by Gasteiger charge is 2.23. The molecule has 1 rings (SSSR count). The normalized spacial score (nSPS) is 11.8. The van der Waals surface area contributed by atoms with E-state index >= 15 is 0 Å². The fourth-order valence-corrected chi connectivity index (χ4v) is 1.68. The molecule has 0 aliphatic rings. The SMILES string of the molecule is CCCOc1ccc(NC(=O)N[C@H](C(=O)O)C(C)C)cc1. The van der Waals surface area contributed by atoms with E-state index < -0.39 is 18.0 Å². The van der Waals surface area contributed by atoms with E-state index in [1.54, 1.807) is 38.1 Å². The van der Waals surface area contributed by atoms with Crippen molar-refractivity contribution in [3.63, 3.8) is 0 Å². The second-order valence-electron chi connectivity index (χ2n) is 5.03. The van der Waals surface area contributed by atoms with Crippen LogP contribution >= 0.6 is 0 Å². The molecule has 0 aromatic heterocycles. The summed E-state index contributed by atoms with van der Waals surface area (Å²) in [5, 5.41) is 14.0. The maximum atomic E-state index is 11.8. The number of aliphatic carboxylic acids is 1. The second-order valence-corrected chi connectivity index (χ2v) is 5.03. The first kappa shape index (κ1) is 16.8. The van der Waals surface area contributed by atoms with Crippen molar-refractivity contribution >= 4 is 17.7 Å². The summed E-state index contributed by atoms with van der Waals surface area (Å²) in [6, 6.07) is 5.45. The summed E-state index contributed by atoms with van der Waals surface area (Å²) in [5.74, 6) is -0.519. The Morgan fingerprint density at radius 3 is 2.33 bits per heavy atom. The zero-order valence-electron chi connectivity index (χ0n) is 12.6. The van der Waals surface area contributed by atoms with Gasteiger partial charge in [-0.05, 0) is 36.6 Å². The summed E-state index contributed by atoms with van der Waals surface area (Å²) in [6.07, 6.45) is 0.925. The molecule has 1 aromatic carbocycles. The first-order valence-electron chi connectivity index (χ1n) is 6.97. The molecule has 116 valence electrons. The van der Waals surface area contributed by atoms with Crippen LogP contribution in [-0.2, 0) is 4.79 Å². The van der Waals surface area contributed by atoms with Gasteiger partial charge in [-0.25, -0.2) is 9.59 Å². The van der Waals surface area contributed by atoms with Crippen LogP contribution in [0.4, 0.5) is 10.5 Å². The lowest BCUT2D eigenvalue weighted by atomic mass is 10.1. The minimum absolute atomic E-state index is 0.196. The number of carbonyl (C=O) groups is 2. The van der Waals surface area contributed by atoms with Crippen LogP contribution in [0.15, 0.2) is 24.3 Å². The summed E-state index contributed by atoms with van der Waals surface area (Å²) in [7, 11) is 0. The summed E-state index contributed by atoms with van der Waals surface area (Å²) in [4.78, 5) is 22.8. The molecule has 0 heterocycles. The topological polar surface area (TPSA) is 87.7 Å². The Hall–Kier alpha value is -2.24. The van der Waals surface area contributed by atoms with Crippen molar-refractivity contribution in [1.29, 1.82) is 0 Å². The molecule has 2 amide bonds. The molecule has 0 aliphatic heterocycles. The molecule has 0 saturated heterocycles. The van der Waals surface area contributed by atoms with E-state index in [1.165, 1.54) is 0 Å². The summed E-state index contributed by atoms with van der Waals surface area (Å²) >= 11 is 0. The van der Waals surface area contributed by atoms with Gasteiger partial charge in [0.05, 0.1) is 6.61 Å². The highest BCUT2D eigenvalue weighted by atomic mass is 16.5. The third-order valence-corrected chi connectivity index (χ3v) is 2.80. The molecule has 6 heteroatoms. The molecule has 0 spiro atoms. The Morgan fingerprint density at radius 2 is 1.86 bits per heavy atom. The number of carboxylic acid groups (broad SMARTS) is 1. The molecule has 0 radical (unpaired) electrons. The molecular formula is C15H22N2O4. The van der Waals surface area contributed by atoms with Gasteiger partial charge >= 0.3 is 12.0 Å². The Morgan fingerprint density at radius 1 is 1.24 bits per heavy atom. The molecule has 0 saturated carbocycles. The number of amides is 2. The first-order valence-corrected chi connectivity index (χ1v) is 6.97. The lowest BCUT2D eigenvalue weighted by Crippen LogP contribution is -2.46. The van der Waals surface area contributed by atoms with E-state index in [9.17, 15) is 9.59 Å². The number of ether oxygens (including phenoxy) is 1. The van der Waals surface area contributed by atoms with Crippen molar-refractivity contribution in [2.75, 3.05) is 11.9 Å². The second kappa shape index (κ2) is 8.14. The van der Waals surface area contributed by atoms with Crippen LogP contribution in [0.1, 0.15) is 27.2 Å². The maximum Gasteiger partial charge on any atom is 0.326 e. The van der Waals surface area contributed by atoms with E-state index in [-0.39, 0.29) is 5.92 Å². The molecule has 1 atom stereocenters. The van der Waals surface area contributed by atoms with Crippen LogP contribution in [0.2, 0.25) is 0 Å². The third kappa shape index (κ3) is 5.72. The largest absolute Gasteiger partial charge is 0.494 e. The molecule has 3 N–H and O–H groups in total. The molecule has 0 fully saturated rings. The standard InChI is InChI=1S/C15H22N2O4/c1-4-9-21-12-7-5-11(6-8-12)16-15(20)17-13(10(2)3)14(18)19/h5-8,10,13H,4,9H2,1-3H3,(H,18,19)(H2,16,17,20)/t13-/m0/s1. The lowest BCUT2D eigenvalue weighted by Gasteiger charge is -2.18. The molecule has 21 heavy (non-hydrogen) atoms. The van der Waals surface area contributed by atoms with Crippen LogP contribution in [0.3, 0.4) is 0 Å². The number of carbonyl (C=O) groups excluding carboxylic acids is 1. The third-order valence-electron chi connectivity index (χ3n) is 2.80. The van der Waals surface area contributed by atoms with E-state index in [4.69, 9.17) is 9.84 Å². The van der Waals surface area contributed by atoms with Crippen LogP contribution in [0, 0.1) is 5.92 Å².